The highest BCUT2D eigenvalue weighted by Crippen LogP contribution is 2.10. The van der Waals surface area contributed by atoms with E-state index in [-0.39, 0.29) is 6.04 Å². The van der Waals surface area contributed by atoms with Gasteiger partial charge in [-0.05, 0) is 19.4 Å². The van der Waals surface area contributed by atoms with Gasteiger partial charge in [-0.2, -0.15) is 0 Å². The molecule has 60 valence electrons. The average molecular weight is 147 g/mol. The first-order valence-corrected chi connectivity index (χ1v) is 3.49. The Hall–Kier alpha value is -0.160. The molecule has 0 spiro atoms. The minimum absolute atomic E-state index is 0.139. The van der Waals surface area contributed by atoms with E-state index < -0.39 is 12.4 Å². The number of nitrogens with one attached hydrogen (secondary N) is 1. The lowest BCUT2D eigenvalue weighted by Gasteiger charge is -2.19. The van der Waals surface area contributed by atoms with Crippen LogP contribution in [0.15, 0.2) is 0 Å². The Labute approximate surface area is 59.5 Å². The molecule has 0 bridgehead atoms. The summed E-state index contributed by atoms with van der Waals surface area (Å²) in [5.41, 5.74) is 0. The summed E-state index contributed by atoms with van der Waals surface area (Å²) < 4.78 is 0. The van der Waals surface area contributed by atoms with Crippen LogP contribution in [-0.4, -0.2) is 40.3 Å². The lowest BCUT2D eigenvalue weighted by Crippen LogP contribution is -2.42. The monoisotopic (exact) mass is 147 g/mol. The molecule has 4 nitrogen and oxygen atoms in total. The highest BCUT2D eigenvalue weighted by atomic mass is 16.5. The molecule has 0 aromatic rings. The third kappa shape index (κ3) is 1.67. The van der Waals surface area contributed by atoms with E-state index in [4.69, 9.17) is 15.3 Å². The molecule has 1 fully saturated rings. The number of aliphatic hydroxyl groups is 3. The van der Waals surface area contributed by atoms with Crippen LogP contribution < -0.4 is 5.32 Å². The molecule has 1 aliphatic rings. The van der Waals surface area contributed by atoms with E-state index in [0.717, 1.165) is 19.4 Å². The van der Waals surface area contributed by atoms with Gasteiger partial charge in [-0.25, -0.2) is 0 Å². The largest absolute Gasteiger partial charge is 0.386 e. The van der Waals surface area contributed by atoms with Gasteiger partial charge in [0.15, 0.2) is 6.29 Å². The van der Waals surface area contributed by atoms with Crippen LogP contribution in [0.2, 0.25) is 0 Å². The molecular weight excluding hydrogens is 134 g/mol. The second-order valence-electron chi connectivity index (χ2n) is 2.61. The second kappa shape index (κ2) is 3.30. The van der Waals surface area contributed by atoms with Crippen LogP contribution in [-0.2, 0) is 0 Å². The van der Waals surface area contributed by atoms with Gasteiger partial charge < -0.3 is 20.6 Å². The minimum Gasteiger partial charge on any atom is -0.386 e. The van der Waals surface area contributed by atoms with Crippen molar-refractivity contribution in [1.29, 1.82) is 0 Å². The van der Waals surface area contributed by atoms with Gasteiger partial charge in [0.1, 0.15) is 6.10 Å². The van der Waals surface area contributed by atoms with E-state index in [0.29, 0.717) is 0 Å². The molecular formula is C6H13NO3. The molecule has 1 aliphatic heterocycles. The van der Waals surface area contributed by atoms with Gasteiger partial charge in [0.2, 0.25) is 0 Å². The van der Waals surface area contributed by atoms with E-state index in [2.05, 4.69) is 5.32 Å². The van der Waals surface area contributed by atoms with Gasteiger partial charge in [0.25, 0.3) is 0 Å². The molecule has 4 heteroatoms. The lowest BCUT2D eigenvalue weighted by molar-refractivity contribution is -0.130. The molecule has 1 saturated heterocycles. The lowest BCUT2D eigenvalue weighted by atomic mass is 10.1. The molecule has 0 saturated carbocycles. The Morgan fingerprint density at radius 3 is 2.40 bits per heavy atom. The van der Waals surface area contributed by atoms with E-state index in [1.165, 1.54) is 0 Å². The van der Waals surface area contributed by atoms with Gasteiger partial charge in [0.05, 0.1) is 0 Å². The van der Waals surface area contributed by atoms with Crippen LogP contribution in [0.1, 0.15) is 12.8 Å². The number of rotatable bonds is 2. The van der Waals surface area contributed by atoms with Crippen molar-refractivity contribution >= 4 is 0 Å². The van der Waals surface area contributed by atoms with Crippen molar-refractivity contribution in [1.82, 2.24) is 5.32 Å². The van der Waals surface area contributed by atoms with Crippen molar-refractivity contribution in [3.05, 3.63) is 0 Å². The summed E-state index contributed by atoms with van der Waals surface area (Å²) in [7, 11) is 0. The van der Waals surface area contributed by atoms with Crippen LogP contribution in [0.4, 0.5) is 0 Å². The summed E-state index contributed by atoms with van der Waals surface area (Å²) in [4.78, 5) is 0. The molecule has 0 radical (unpaired) electrons. The van der Waals surface area contributed by atoms with Gasteiger partial charge >= 0.3 is 0 Å². The molecule has 2 atom stereocenters. The fourth-order valence-corrected chi connectivity index (χ4v) is 1.21. The topological polar surface area (TPSA) is 72.7 Å². The Morgan fingerprint density at radius 1 is 1.30 bits per heavy atom. The van der Waals surface area contributed by atoms with Crippen molar-refractivity contribution in [2.24, 2.45) is 0 Å². The van der Waals surface area contributed by atoms with E-state index in [1.54, 1.807) is 0 Å². The fourth-order valence-electron chi connectivity index (χ4n) is 1.21. The fraction of sp³-hybridized carbons (Fsp3) is 1.00. The molecule has 0 aromatic carbocycles. The summed E-state index contributed by atoms with van der Waals surface area (Å²) in [6.07, 6.45) is -0.842. The number of hydrogen-bond acceptors (Lipinski definition) is 4. The quantitative estimate of drug-likeness (QED) is 0.355. The van der Waals surface area contributed by atoms with E-state index in [9.17, 15) is 0 Å². The third-order valence-electron chi connectivity index (χ3n) is 1.82. The highest BCUT2D eigenvalue weighted by Gasteiger charge is 2.26. The molecule has 0 amide bonds. The van der Waals surface area contributed by atoms with E-state index >= 15 is 0 Å². The number of aliphatic hydroxyl groups excluding tert-OH is 2. The summed E-state index contributed by atoms with van der Waals surface area (Å²) in [5, 5.41) is 29.1. The standard InChI is InChI=1S/C6H13NO3/c8-5(6(9)10)4-2-1-3-7-4/h4-10H,1-3H2. The third-order valence-corrected chi connectivity index (χ3v) is 1.82. The van der Waals surface area contributed by atoms with Crippen LogP contribution in [0.3, 0.4) is 0 Å². The molecule has 2 unspecified atom stereocenters. The maximum absolute atomic E-state index is 9.06. The first-order chi connectivity index (χ1) is 4.72. The second-order valence-corrected chi connectivity index (χ2v) is 2.61. The molecule has 4 N–H and O–H groups in total. The molecule has 10 heavy (non-hydrogen) atoms. The van der Waals surface area contributed by atoms with Crippen LogP contribution >= 0.6 is 0 Å². The maximum Gasteiger partial charge on any atom is 0.179 e. The minimum atomic E-state index is -1.62. The summed E-state index contributed by atoms with van der Waals surface area (Å²) in [6.45, 7) is 0.856. The first-order valence-electron chi connectivity index (χ1n) is 3.49. The summed E-state index contributed by atoms with van der Waals surface area (Å²) in [5.74, 6) is 0. The summed E-state index contributed by atoms with van der Waals surface area (Å²) in [6, 6.07) is -0.139. The first kappa shape index (κ1) is 7.94. The predicted molar refractivity (Wildman–Crippen MR) is 35.3 cm³/mol. The SMILES string of the molecule is OC(O)C(O)C1CCCN1. The Morgan fingerprint density at radius 2 is 2.00 bits per heavy atom. The van der Waals surface area contributed by atoms with Crippen molar-refractivity contribution in [2.75, 3.05) is 6.54 Å². The van der Waals surface area contributed by atoms with Gasteiger partial charge in [-0.1, -0.05) is 0 Å². The van der Waals surface area contributed by atoms with Gasteiger partial charge in [-0.3, -0.25) is 0 Å². The molecule has 0 aliphatic carbocycles. The van der Waals surface area contributed by atoms with Crippen molar-refractivity contribution in [2.45, 2.75) is 31.3 Å². The zero-order valence-electron chi connectivity index (χ0n) is 5.70. The molecule has 1 rings (SSSR count). The van der Waals surface area contributed by atoms with Gasteiger partial charge in [0, 0.05) is 6.04 Å². The Balaban J connectivity index is 2.32. The zero-order valence-corrected chi connectivity index (χ0v) is 5.70. The number of hydrogen-bond donors (Lipinski definition) is 4. The Bertz CT molecular complexity index is 101. The highest BCUT2D eigenvalue weighted by molar-refractivity contribution is 4.81. The smallest absolute Gasteiger partial charge is 0.179 e. The molecule has 1 heterocycles. The van der Waals surface area contributed by atoms with Crippen molar-refractivity contribution in [3.63, 3.8) is 0 Å². The Kier molecular flexibility index (Phi) is 2.62. The van der Waals surface area contributed by atoms with Crippen LogP contribution in [0, 0.1) is 0 Å². The predicted octanol–water partition coefficient (Wildman–Crippen LogP) is -1.59. The van der Waals surface area contributed by atoms with Crippen molar-refractivity contribution in [3.8, 4) is 0 Å². The van der Waals surface area contributed by atoms with Crippen LogP contribution in [0.25, 0.3) is 0 Å². The molecule has 0 aromatic heterocycles. The van der Waals surface area contributed by atoms with Crippen LogP contribution in [0.5, 0.6) is 0 Å². The average Bonchev–Trinajstić information content (AvgIpc) is 2.36. The van der Waals surface area contributed by atoms with Crippen molar-refractivity contribution < 1.29 is 15.3 Å². The zero-order chi connectivity index (χ0) is 7.56. The van der Waals surface area contributed by atoms with Gasteiger partial charge in [-0.15, -0.1) is 0 Å². The normalized spacial score (nSPS) is 29.4. The summed E-state index contributed by atoms with van der Waals surface area (Å²) >= 11 is 0. The maximum atomic E-state index is 9.06. The van der Waals surface area contributed by atoms with E-state index in [1.807, 2.05) is 0 Å².